The molecule has 0 amide bonds. The van der Waals surface area contributed by atoms with Crippen LogP contribution in [0.25, 0.3) is 4.85 Å². The van der Waals surface area contributed by atoms with Crippen molar-refractivity contribution in [3.05, 3.63) is 35.7 Å². The SMILES string of the molecule is [C-]#[N+]c1cccc(P(=O)(OC)OC)c1. The summed E-state index contributed by atoms with van der Waals surface area (Å²) in [5.74, 6) is 0. The van der Waals surface area contributed by atoms with Crippen LogP contribution in [0.15, 0.2) is 24.3 Å². The maximum Gasteiger partial charge on any atom is 0.359 e. The smallest absolute Gasteiger partial charge is 0.309 e. The van der Waals surface area contributed by atoms with Crippen LogP contribution in [0.1, 0.15) is 0 Å². The van der Waals surface area contributed by atoms with Gasteiger partial charge in [0, 0.05) is 14.2 Å². The standard InChI is InChI=1S/C9H10NO3P/c1-10-8-5-4-6-9(7-8)14(11,12-2)13-3/h4-7H,2-3H3. The van der Waals surface area contributed by atoms with Crippen molar-refractivity contribution in [3.8, 4) is 0 Å². The van der Waals surface area contributed by atoms with E-state index in [0.717, 1.165) is 0 Å². The van der Waals surface area contributed by atoms with E-state index in [1.807, 2.05) is 0 Å². The Morgan fingerprint density at radius 3 is 2.50 bits per heavy atom. The molecule has 0 N–H and O–H groups in total. The van der Waals surface area contributed by atoms with Crippen LogP contribution in [0.5, 0.6) is 0 Å². The Hall–Kier alpha value is -1.14. The molecule has 0 radical (unpaired) electrons. The minimum absolute atomic E-state index is 0.399. The third-order valence-electron chi connectivity index (χ3n) is 1.76. The van der Waals surface area contributed by atoms with Crippen molar-refractivity contribution in [2.75, 3.05) is 14.2 Å². The van der Waals surface area contributed by atoms with E-state index in [2.05, 4.69) is 4.85 Å². The van der Waals surface area contributed by atoms with E-state index >= 15 is 0 Å². The van der Waals surface area contributed by atoms with E-state index in [1.54, 1.807) is 18.2 Å². The Kier molecular flexibility index (Phi) is 3.43. The number of nitrogens with zero attached hydrogens (tertiary/aromatic N) is 1. The Morgan fingerprint density at radius 1 is 1.36 bits per heavy atom. The van der Waals surface area contributed by atoms with Crippen molar-refractivity contribution in [1.29, 1.82) is 0 Å². The molecular formula is C9H10NO3P. The van der Waals surface area contributed by atoms with Crippen molar-refractivity contribution >= 4 is 18.6 Å². The number of hydrogen-bond acceptors (Lipinski definition) is 3. The number of hydrogen-bond donors (Lipinski definition) is 0. The second kappa shape index (κ2) is 4.39. The first-order chi connectivity index (χ1) is 6.66. The average Bonchev–Trinajstić information content (AvgIpc) is 2.28. The fourth-order valence-electron chi connectivity index (χ4n) is 1.02. The van der Waals surface area contributed by atoms with E-state index in [4.69, 9.17) is 15.6 Å². The summed E-state index contributed by atoms with van der Waals surface area (Å²) in [7, 11) is -0.588. The van der Waals surface area contributed by atoms with Crippen molar-refractivity contribution in [3.63, 3.8) is 0 Å². The van der Waals surface area contributed by atoms with Crippen LogP contribution < -0.4 is 5.30 Å². The maximum absolute atomic E-state index is 11.9. The van der Waals surface area contributed by atoms with Crippen LogP contribution in [0.3, 0.4) is 0 Å². The molecule has 0 aliphatic rings. The van der Waals surface area contributed by atoms with E-state index in [1.165, 1.54) is 20.3 Å². The number of rotatable bonds is 3. The molecule has 0 saturated heterocycles. The first kappa shape index (κ1) is 10.9. The first-order valence-corrected chi connectivity index (χ1v) is 5.40. The Balaban J connectivity index is 3.19. The molecule has 14 heavy (non-hydrogen) atoms. The average molecular weight is 211 g/mol. The molecule has 0 aliphatic carbocycles. The highest BCUT2D eigenvalue weighted by atomic mass is 31.2. The predicted octanol–water partition coefficient (Wildman–Crippen LogP) is 2.35. The van der Waals surface area contributed by atoms with E-state index in [9.17, 15) is 4.57 Å². The van der Waals surface area contributed by atoms with Gasteiger partial charge in [-0.1, -0.05) is 12.1 Å². The Bertz CT molecular complexity index is 403. The van der Waals surface area contributed by atoms with E-state index < -0.39 is 7.60 Å². The van der Waals surface area contributed by atoms with Crippen molar-refractivity contribution in [2.45, 2.75) is 0 Å². The minimum Gasteiger partial charge on any atom is -0.309 e. The van der Waals surface area contributed by atoms with Crippen LogP contribution in [0.4, 0.5) is 5.69 Å². The van der Waals surface area contributed by atoms with Gasteiger partial charge in [0.2, 0.25) is 0 Å². The lowest BCUT2D eigenvalue weighted by Gasteiger charge is -2.13. The van der Waals surface area contributed by atoms with Crippen molar-refractivity contribution in [1.82, 2.24) is 0 Å². The molecule has 0 aromatic heterocycles. The van der Waals surface area contributed by atoms with Crippen molar-refractivity contribution in [2.24, 2.45) is 0 Å². The second-order valence-electron chi connectivity index (χ2n) is 2.49. The fraction of sp³-hybridized carbons (Fsp3) is 0.222. The van der Waals surface area contributed by atoms with Gasteiger partial charge in [-0.2, -0.15) is 0 Å². The van der Waals surface area contributed by atoms with Gasteiger partial charge in [0.05, 0.1) is 11.9 Å². The van der Waals surface area contributed by atoms with Crippen LogP contribution in [0, 0.1) is 6.57 Å². The molecule has 5 heteroatoms. The quantitative estimate of drug-likeness (QED) is 0.569. The molecule has 0 spiro atoms. The van der Waals surface area contributed by atoms with Gasteiger partial charge in [-0.25, -0.2) is 4.85 Å². The molecule has 74 valence electrons. The van der Waals surface area contributed by atoms with Gasteiger partial charge in [-0.15, -0.1) is 0 Å². The lowest BCUT2D eigenvalue weighted by atomic mass is 10.3. The molecule has 0 fully saturated rings. The van der Waals surface area contributed by atoms with Crippen LogP contribution in [-0.4, -0.2) is 14.2 Å². The monoisotopic (exact) mass is 211 g/mol. The number of benzene rings is 1. The fourth-order valence-corrected chi connectivity index (χ4v) is 2.15. The highest BCUT2D eigenvalue weighted by Crippen LogP contribution is 2.45. The molecule has 0 aliphatic heterocycles. The lowest BCUT2D eigenvalue weighted by molar-refractivity contribution is 0.287. The summed E-state index contributed by atoms with van der Waals surface area (Å²) in [5.41, 5.74) is 0.414. The Morgan fingerprint density at radius 2 is 2.00 bits per heavy atom. The Labute approximate surface area is 82.8 Å². The first-order valence-electron chi connectivity index (χ1n) is 3.86. The summed E-state index contributed by atoms with van der Waals surface area (Å²) in [4.78, 5) is 3.23. The lowest BCUT2D eigenvalue weighted by Crippen LogP contribution is -2.06. The second-order valence-corrected chi connectivity index (χ2v) is 4.74. The van der Waals surface area contributed by atoms with Crippen LogP contribution >= 0.6 is 7.60 Å². The third kappa shape index (κ3) is 2.02. The van der Waals surface area contributed by atoms with E-state index in [-0.39, 0.29) is 0 Å². The molecule has 0 bridgehead atoms. The summed E-state index contributed by atoms with van der Waals surface area (Å²) in [6.45, 7) is 6.81. The third-order valence-corrected chi connectivity index (χ3v) is 3.63. The minimum atomic E-state index is -3.22. The molecule has 0 saturated carbocycles. The summed E-state index contributed by atoms with van der Waals surface area (Å²) in [5, 5.41) is 0.399. The molecule has 0 atom stereocenters. The van der Waals surface area contributed by atoms with Gasteiger partial charge in [-0.05, 0) is 12.1 Å². The molecular weight excluding hydrogens is 201 g/mol. The molecule has 4 nitrogen and oxygen atoms in total. The molecule has 1 rings (SSSR count). The normalized spacial score (nSPS) is 10.9. The van der Waals surface area contributed by atoms with Gasteiger partial charge in [0.25, 0.3) is 0 Å². The molecule has 0 heterocycles. The van der Waals surface area contributed by atoms with Gasteiger partial charge in [-0.3, -0.25) is 4.57 Å². The van der Waals surface area contributed by atoms with Gasteiger partial charge in [0.15, 0.2) is 5.69 Å². The topological polar surface area (TPSA) is 39.9 Å². The largest absolute Gasteiger partial charge is 0.359 e. The summed E-state index contributed by atoms with van der Waals surface area (Å²) < 4.78 is 21.5. The maximum atomic E-state index is 11.9. The highest BCUT2D eigenvalue weighted by molar-refractivity contribution is 7.62. The van der Waals surface area contributed by atoms with Gasteiger partial charge < -0.3 is 9.05 Å². The summed E-state index contributed by atoms with van der Waals surface area (Å²) in [6, 6.07) is 6.39. The highest BCUT2D eigenvalue weighted by Gasteiger charge is 2.23. The summed E-state index contributed by atoms with van der Waals surface area (Å²) in [6.07, 6.45) is 0. The van der Waals surface area contributed by atoms with Crippen LogP contribution in [-0.2, 0) is 13.6 Å². The zero-order valence-corrected chi connectivity index (χ0v) is 8.82. The predicted molar refractivity (Wildman–Crippen MR) is 54.0 cm³/mol. The molecule has 1 aromatic carbocycles. The summed E-state index contributed by atoms with van der Waals surface area (Å²) >= 11 is 0. The van der Waals surface area contributed by atoms with Gasteiger partial charge in [0.1, 0.15) is 0 Å². The van der Waals surface area contributed by atoms with Crippen molar-refractivity contribution < 1.29 is 13.6 Å². The van der Waals surface area contributed by atoms with Gasteiger partial charge >= 0.3 is 7.60 Å². The zero-order chi connectivity index (χ0) is 10.6. The van der Waals surface area contributed by atoms with E-state index in [0.29, 0.717) is 11.0 Å². The molecule has 0 unspecified atom stereocenters. The molecule has 1 aromatic rings. The van der Waals surface area contributed by atoms with Crippen LogP contribution in [0.2, 0.25) is 0 Å². The zero-order valence-electron chi connectivity index (χ0n) is 7.93.